The molecule has 1 fully saturated rings. The summed E-state index contributed by atoms with van der Waals surface area (Å²) in [6.07, 6.45) is -0.0870. The molecule has 11 heteroatoms. The smallest absolute Gasteiger partial charge is 0.306 e. The highest BCUT2D eigenvalue weighted by atomic mass is 19.1. The Bertz CT molecular complexity index is 1290. The van der Waals surface area contributed by atoms with Crippen molar-refractivity contribution in [3.05, 3.63) is 63.7 Å². The first-order valence-electron chi connectivity index (χ1n) is 10.6. The summed E-state index contributed by atoms with van der Waals surface area (Å²) in [6.45, 7) is 5.70. The molecule has 0 saturated carbocycles. The molecule has 0 radical (unpaired) electrons. The molecule has 1 N–H and O–H groups in total. The molecule has 0 bridgehead atoms. The molecule has 2 aromatic carbocycles. The van der Waals surface area contributed by atoms with Crippen LogP contribution in [0.15, 0.2) is 40.9 Å². The number of carbonyl (C=O) groups excluding carboxylic acids is 2. The van der Waals surface area contributed by atoms with Crippen molar-refractivity contribution in [1.82, 2.24) is 10.1 Å². The monoisotopic (exact) mass is 467 g/mol. The van der Waals surface area contributed by atoms with E-state index in [9.17, 15) is 24.1 Å². The molecule has 1 atom stereocenters. The molecule has 1 aliphatic heterocycles. The largest absolute Gasteiger partial charge is 0.334 e. The lowest BCUT2D eigenvalue weighted by Crippen LogP contribution is -2.28. The van der Waals surface area contributed by atoms with Crippen molar-refractivity contribution < 1.29 is 23.4 Å². The topological polar surface area (TPSA) is 131 Å². The summed E-state index contributed by atoms with van der Waals surface area (Å²) in [7, 11) is 0. The Morgan fingerprint density at radius 3 is 2.76 bits per heavy atom. The standard InChI is InChI=1S/C23H22FN5O5/c1-12(2)21-26-23(34-27-21)16-6-4-5-13(3)20(16)25-22(31)14-9-19(30)28(11-14)15-7-8-17(24)18(10-15)29(32)33/h4-8,10,12,14H,9,11H2,1-3H3,(H,25,31). The molecule has 4 rings (SSSR count). The van der Waals surface area contributed by atoms with E-state index in [0.29, 0.717) is 17.1 Å². The predicted octanol–water partition coefficient (Wildman–Crippen LogP) is 4.21. The van der Waals surface area contributed by atoms with Gasteiger partial charge in [0.2, 0.25) is 17.6 Å². The van der Waals surface area contributed by atoms with E-state index in [1.807, 2.05) is 32.9 Å². The third-order valence-corrected chi connectivity index (χ3v) is 5.64. The molecule has 0 spiro atoms. The number of carbonyl (C=O) groups is 2. The summed E-state index contributed by atoms with van der Waals surface area (Å²) in [5.41, 5.74) is 1.25. The zero-order chi connectivity index (χ0) is 24.6. The van der Waals surface area contributed by atoms with Gasteiger partial charge in [0.1, 0.15) is 0 Å². The fourth-order valence-corrected chi connectivity index (χ4v) is 3.76. The molecule has 0 aliphatic carbocycles. The Hall–Kier alpha value is -4.15. The number of amides is 2. The number of para-hydroxylation sites is 1. The van der Waals surface area contributed by atoms with E-state index in [2.05, 4.69) is 15.5 Å². The minimum Gasteiger partial charge on any atom is -0.334 e. The lowest BCUT2D eigenvalue weighted by Gasteiger charge is -2.17. The quantitative estimate of drug-likeness (QED) is 0.424. The highest BCUT2D eigenvalue weighted by molar-refractivity contribution is 6.05. The second-order valence-corrected chi connectivity index (χ2v) is 8.40. The van der Waals surface area contributed by atoms with Gasteiger partial charge in [-0.3, -0.25) is 19.7 Å². The minimum absolute atomic E-state index is 0.00667. The molecule has 10 nitrogen and oxygen atoms in total. The second kappa shape index (κ2) is 9.00. The summed E-state index contributed by atoms with van der Waals surface area (Å²) in [4.78, 5) is 41.5. The van der Waals surface area contributed by atoms with Crippen molar-refractivity contribution in [2.24, 2.45) is 5.92 Å². The van der Waals surface area contributed by atoms with Crippen LogP contribution >= 0.6 is 0 Å². The number of aromatic nitrogens is 2. The number of nitro benzene ring substituents is 1. The number of nitrogens with one attached hydrogen (secondary N) is 1. The van der Waals surface area contributed by atoms with Crippen LogP contribution in [0.4, 0.5) is 21.5 Å². The number of benzene rings is 2. The zero-order valence-corrected chi connectivity index (χ0v) is 18.7. The van der Waals surface area contributed by atoms with Gasteiger partial charge in [0.25, 0.3) is 5.89 Å². The van der Waals surface area contributed by atoms with Gasteiger partial charge in [-0.15, -0.1) is 0 Å². The van der Waals surface area contributed by atoms with E-state index in [1.54, 1.807) is 6.07 Å². The molecule has 2 amide bonds. The fourth-order valence-electron chi connectivity index (χ4n) is 3.76. The first-order chi connectivity index (χ1) is 16.2. The van der Waals surface area contributed by atoms with E-state index in [4.69, 9.17) is 4.52 Å². The molecule has 2 heterocycles. The van der Waals surface area contributed by atoms with Gasteiger partial charge >= 0.3 is 5.69 Å². The van der Waals surface area contributed by atoms with Gasteiger partial charge in [-0.2, -0.15) is 9.37 Å². The van der Waals surface area contributed by atoms with Crippen LogP contribution in [-0.4, -0.2) is 33.4 Å². The SMILES string of the molecule is Cc1cccc(-c2nc(C(C)C)no2)c1NC(=O)C1CC(=O)N(c2ccc(F)c([N+](=O)[O-])c2)C1. The van der Waals surface area contributed by atoms with Crippen LogP contribution in [0.5, 0.6) is 0 Å². The maximum absolute atomic E-state index is 13.7. The number of anilines is 2. The molecule has 1 aliphatic rings. The average molecular weight is 467 g/mol. The highest BCUT2D eigenvalue weighted by Crippen LogP contribution is 2.33. The Balaban J connectivity index is 1.56. The Morgan fingerprint density at radius 2 is 2.09 bits per heavy atom. The van der Waals surface area contributed by atoms with Crippen LogP contribution in [0.1, 0.15) is 37.6 Å². The first kappa shape index (κ1) is 23.0. The highest BCUT2D eigenvalue weighted by Gasteiger charge is 2.36. The van der Waals surface area contributed by atoms with Crippen molar-refractivity contribution >= 4 is 28.9 Å². The molecule has 176 valence electrons. The second-order valence-electron chi connectivity index (χ2n) is 8.40. The Labute approximate surface area is 193 Å². The van der Waals surface area contributed by atoms with Gasteiger partial charge in [-0.25, -0.2) is 0 Å². The van der Waals surface area contributed by atoms with Gasteiger partial charge < -0.3 is 14.7 Å². The Kier molecular flexibility index (Phi) is 6.10. The third-order valence-electron chi connectivity index (χ3n) is 5.64. The van der Waals surface area contributed by atoms with E-state index in [0.717, 1.165) is 17.7 Å². The van der Waals surface area contributed by atoms with Crippen molar-refractivity contribution in [3.63, 3.8) is 0 Å². The van der Waals surface area contributed by atoms with Gasteiger partial charge in [-0.05, 0) is 30.7 Å². The number of halogens is 1. The molecule has 1 unspecified atom stereocenters. The summed E-state index contributed by atoms with van der Waals surface area (Å²) in [5, 5.41) is 17.9. The fraction of sp³-hybridized carbons (Fsp3) is 0.304. The van der Waals surface area contributed by atoms with Gasteiger partial charge in [0.15, 0.2) is 5.82 Å². The number of hydrogen-bond acceptors (Lipinski definition) is 7. The molecule has 1 saturated heterocycles. The molecule has 3 aromatic rings. The summed E-state index contributed by atoms with van der Waals surface area (Å²) < 4.78 is 19.1. The van der Waals surface area contributed by atoms with E-state index < -0.39 is 28.3 Å². The maximum atomic E-state index is 13.7. The van der Waals surface area contributed by atoms with Crippen LogP contribution in [-0.2, 0) is 9.59 Å². The minimum atomic E-state index is -0.997. The van der Waals surface area contributed by atoms with Gasteiger partial charge in [0.05, 0.1) is 27.8 Å². The molecule has 1 aromatic heterocycles. The summed E-state index contributed by atoms with van der Waals surface area (Å²) in [6, 6.07) is 8.59. The average Bonchev–Trinajstić information content (AvgIpc) is 3.43. The summed E-state index contributed by atoms with van der Waals surface area (Å²) >= 11 is 0. The number of nitro groups is 1. The van der Waals surface area contributed by atoms with E-state index >= 15 is 0 Å². The van der Waals surface area contributed by atoms with E-state index in [1.165, 1.54) is 11.0 Å². The normalized spacial score (nSPS) is 15.7. The predicted molar refractivity (Wildman–Crippen MR) is 121 cm³/mol. The molecular formula is C23H22FN5O5. The van der Waals surface area contributed by atoms with Crippen molar-refractivity contribution in [2.75, 3.05) is 16.8 Å². The van der Waals surface area contributed by atoms with Crippen molar-refractivity contribution in [2.45, 2.75) is 33.1 Å². The van der Waals surface area contributed by atoms with Crippen LogP contribution in [0.3, 0.4) is 0 Å². The lowest BCUT2D eigenvalue weighted by atomic mass is 10.0. The van der Waals surface area contributed by atoms with Crippen molar-refractivity contribution in [1.29, 1.82) is 0 Å². The zero-order valence-electron chi connectivity index (χ0n) is 18.7. The van der Waals surface area contributed by atoms with Crippen LogP contribution < -0.4 is 10.2 Å². The van der Waals surface area contributed by atoms with Gasteiger partial charge in [0, 0.05) is 24.9 Å². The molecular weight excluding hydrogens is 445 g/mol. The lowest BCUT2D eigenvalue weighted by molar-refractivity contribution is -0.387. The number of hydrogen-bond donors (Lipinski definition) is 1. The number of nitrogens with zero attached hydrogens (tertiary/aromatic N) is 4. The number of rotatable bonds is 6. The first-order valence-corrected chi connectivity index (χ1v) is 10.6. The van der Waals surface area contributed by atoms with Gasteiger partial charge in [-0.1, -0.05) is 31.1 Å². The van der Waals surface area contributed by atoms with Crippen LogP contribution in [0, 0.1) is 28.8 Å². The van der Waals surface area contributed by atoms with E-state index in [-0.39, 0.29) is 36.4 Å². The third kappa shape index (κ3) is 4.36. The number of aryl methyl sites for hydroxylation is 1. The van der Waals surface area contributed by atoms with Crippen LogP contribution in [0.25, 0.3) is 11.5 Å². The molecule has 34 heavy (non-hydrogen) atoms. The maximum Gasteiger partial charge on any atom is 0.306 e. The Morgan fingerprint density at radius 1 is 1.32 bits per heavy atom. The van der Waals surface area contributed by atoms with Crippen molar-refractivity contribution in [3.8, 4) is 11.5 Å². The van der Waals surface area contributed by atoms with Crippen LogP contribution in [0.2, 0.25) is 0 Å². The summed E-state index contributed by atoms with van der Waals surface area (Å²) in [5.74, 6) is -1.61.